The molecular formula is C12H23NO. The van der Waals surface area contributed by atoms with Crippen molar-refractivity contribution in [1.29, 1.82) is 0 Å². The fourth-order valence-electron chi connectivity index (χ4n) is 2.73. The molecule has 2 atom stereocenters. The molecule has 0 heterocycles. The van der Waals surface area contributed by atoms with Gasteiger partial charge in [0.25, 0.3) is 0 Å². The van der Waals surface area contributed by atoms with Gasteiger partial charge >= 0.3 is 0 Å². The maximum Gasteiger partial charge on any atom is 0.0631 e. The van der Waals surface area contributed by atoms with Crippen LogP contribution in [0.25, 0.3) is 0 Å². The third kappa shape index (κ3) is 1.96. The quantitative estimate of drug-likeness (QED) is 0.746. The van der Waals surface area contributed by atoms with Gasteiger partial charge in [0, 0.05) is 12.6 Å². The highest BCUT2D eigenvalue weighted by atomic mass is 16.3. The van der Waals surface area contributed by atoms with Gasteiger partial charge in [-0.1, -0.05) is 13.8 Å². The topological polar surface area (TPSA) is 23.5 Å². The molecule has 14 heavy (non-hydrogen) atoms. The molecule has 0 radical (unpaired) electrons. The van der Waals surface area contributed by atoms with Crippen molar-refractivity contribution in [1.82, 2.24) is 4.90 Å². The van der Waals surface area contributed by atoms with Gasteiger partial charge in [0.2, 0.25) is 0 Å². The van der Waals surface area contributed by atoms with Crippen molar-refractivity contribution < 1.29 is 5.11 Å². The van der Waals surface area contributed by atoms with Gasteiger partial charge in [-0.05, 0) is 44.1 Å². The Hall–Kier alpha value is -0.0800. The fraction of sp³-hybridized carbons (Fsp3) is 1.00. The minimum absolute atomic E-state index is 0.0938. The average Bonchev–Trinajstić information content (AvgIpc) is 2.90. The summed E-state index contributed by atoms with van der Waals surface area (Å²) < 4.78 is 0. The molecule has 2 aliphatic carbocycles. The van der Waals surface area contributed by atoms with E-state index in [2.05, 4.69) is 25.8 Å². The van der Waals surface area contributed by atoms with Crippen LogP contribution in [0.15, 0.2) is 0 Å². The Kier molecular flexibility index (Phi) is 2.61. The van der Waals surface area contributed by atoms with E-state index in [9.17, 15) is 5.11 Å². The molecule has 2 aliphatic rings. The van der Waals surface area contributed by atoms with Gasteiger partial charge in [-0.3, -0.25) is 0 Å². The molecule has 2 rings (SSSR count). The summed E-state index contributed by atoms with van der Waals surface area (Å²) in [6.07, 6.45) is 5.01. The van der Waals surface area contributed by atoms with Gasteiger partial charge < -0.3 is 10.0 Å². The van der Waals surface area contributed by atoms with Crippen molar-refractivity contribution in [3.05, 3.63) is 0 Å². The van der Waals surface area contributed by atoms with E-state index < -0.39 is 0 Å². The molecule has 0 bridgehead atoms. The van der Waals surface area contributed by atoms with Crippen LogP contribution in [-0.2, 0) is 0 Å². The standard InChI is InChI=1S/C12H23NO/c1-12(2)7-6-9(11(12)14)8-13(3)10-4-5-10/h9-11,14H,4-8H2,1-3H3. The molecule has 82 valence electrons. The van der Waals surface area contributed by atoms with Crippen LogP contribution in [0, 0.1) is 11.3 Å². The number of hydrogen-bond donors (Lipinski definition) is 1. The molecule has 2 nitrogen and oxygen atoms in total. The first-order chi connectivity index (χ1) is 6.50. The van der Waals surface area contributed by atoms with Crippen molar-refractivity contribution in [2.75, 3.05) is 13.6 Å². The summed E-state index contributed by atoms with van der Waals surface area (Å²) in [6, 6.07) is 0.825. The summed E-state index contributed by atoms with van der Waals surface area (Å²) in [5.74, 6) is 0.510. The summed E-state index contributed by atoms with van der Waals surface area (Å²) in [6.45, 7) is 5.47. The highest BCUT2D eigenvalue weighted by molar-refractivity contribution is 4.93. The third-order valence-corrected chi connectivity index (χ3v) is 4.10. The van der Waals surface area contributed by atoms with Gasteiger partial charge in [0.15, 0.2) is 0 Å². The monoisotopic (exact) mass is 197 g/mol. The van der Waals surface area contributed by atoms with E-state index in [1.54, 1.807) is 0 Å². The lowest BCUT2D eigenvalue weighted by Gasteiger charge is -2.28. The normalized spacial score (nSPS) is 36.6. The van der Waals surface area contributed by atoms with Crippen LogP contribution < -0.4 is 0 Å². The maximum atomic E-state index is 10.1. The summed E-state index contributed by atoms with van der Waals surface area (Å²) in [5, 5.41) is 10.1. The number of aliphatic hydroxyl groups excluding tert-OH is 1. The average molecular weight is 197 g/mol. The molecule has 2 unspecified atom stereocenters. The van der Waals surface area contributed by atoms with E-state index in [-0.39, 0.29) is 11.5 Å². The Labute approximate surface area is 87.3 Å². The van der Waals surface area contributed by atoms with Crippen LogP contribution in [0.1, 0.15) is 39.5 Å². The summed E-state index contributed by atoms with van der Waals surface area (Å²) in [4.78, 5) is 2.44. The van der Waals surface area contributed by atoms with Crippen molar-refractivity contribution in [3.8, 4) is 0 Å². The van der Waals surface area contributed by atoms with Gasteiger partial charge in [-0.2, -0.15) is 0 Å². The second kappa shape index (κ2) is 3.49. The van der Waals surface area contributed by atoms with Gasteiger partial charge in [0.05, 0.1) is 6.10 Å². The van der Waals surface area contributed by atoms with Crippen LogP contribution in [0.5, 0.6) is 0 Å². The van der Waals surface area contributed by atoms with E-state index in [0.29, 0.717) is 5.92 Å². The number of hydrogen-bond acceptors (Lipinski definition) is 2. The molecule has 0 aliphatic heterocycles. The van der Waals surface area contributed by atoms with E-state index >= 15 is 0 Å². The number of rotatable bonds is 3. The molecule has 0 spiro atoms. The minimum atomic E-state index is -0.0938. The molecule has 2 fully saturated rings. The van der Waals surface area contributed by atoms with Gasteiger partial charge in [-0.25, -0.2) is 0 Å². The Morgan fingerprint density at radius 2 is 1.93 bits per heavy atom. The van der Waals surface area contributed by atoms with Gasteiger partial charge in [-0.15, -0.1) is 0 Å². The zero-order valence-corrected chi connectivity index (χ0v) is 9.66. The van der Waals surface area contributed by atoms with Crippen LogP contribution in [0.2, 0.25) is 0 Å². The predicted molar refractivity (Wildman–Crippen MR) is 58.2 cm³/mol. The largest absolute Gasteiger partial charge is 0.392 e. The molecule has 0 aromatic carbocycles. The van der Waals surface area contributed by atoms with E-state index in [1.807, 2.05) is 0 Å². The maximum absolute atomic E-state index is 10.1. The second-order valence-corrected chi connectivity index (χ2v) is 5.90. The Morgan fingerprint density at radius 1 is 1.29 bits per heavy atom. The highest BCUT2D eigenvalue weighted by Crippen LogP contribution is 2.42. The minimum Gasteiger partial charge on any atom is -0.392 e. The molecule has 0 saturated heterocycles. The molecular weight excluding hydrogens is 174 g/mol. The second-order valence-electron chi connectivity index (χ2n) is 5.90. The predicted octanol–water partition coefficient (Wildman–Crippen LogP) is 1.88. The van der Waals surface area contributed by atoms with Crippen LogP contribution in [0.3, 0.4) is 0 Å². The zero-order valence-electron chi connectivity index (χ0n) is 9.66. The SMILES string of the molecule is CN(CC1CCC(C)(C)C1O)C1CC1. The Balaban J connectivity index is 1.86. The molecule has 0 amide bonds. The van der Waals surface area contributed by atoms with Crippen molar-refractivity contribution in [3.63, 3.8) is 0 Å². The summed E-state index contributed by atoms with van der Waals surface area (Å²) in [5.41, 5.74) is 0.148. The molecule has 1 N–H and O–H groups in total. The molecule has 2 heteroatoms. The summed E-state index contributed by atoms with van der Waals surface area (Å²) >= 11 is 0. The number of nitrogens with zero attached hydrogens (tertiary/aromatic N) is 1. The van der Waals surface area contributed by atoms with Crippen molar-refractivity contribution in [2.45, 2.75) is 51.7 Å². The van der Waals surface area contributed by atoms with E-state index in [0.717, 1.165) is 12.6 Å². The lowest BCUT2D eigenvalue weighted by Crippen LogP contribution is -2.35. The lowest BCUT2D eigenvalue weighted by atomic mass is 9.87. The fourth-order valence-corrected chi connectivity index (χ4v) is 2.73. The van der Waals surface area contributed by atoms with Crippen molar-refractivity contribution >= 4 is 0 Å². The Morgan fingerprint density at radius 3 is 2.36 bits per heavy atom. The zero-order chi connectivity index (χ0) is 10.3. The first kappa shape index (κ1) is 10.4. The molecule has 0 aromatic rings. The van der Waals surface area contributed by atoms with Crippen molar-refractivity contribution in [2.24, 2.45) is 11.3 Å². The van der Waals surface area contributed by atoms with Crippen LogP contribution in [-0.4, -0.2) is 35.7 Å². The lowest BCUT2D eigenvalue weighted by molar-refractivity contribution is 0.0348. The first-order valence-corrected chi connectivity index (χ1v) is 5.89. The first-order valence-electron chi connectivity index (χ1n) is 5.89. The van der Waals surface area contributed by atoms with E-state index in [4.69, 9.17) is 0 Å². The third-order valence-electron chi connectivity index (χ3n) is 4.10. The molecule has 0 aromatic heterocycles. The molecule has 2 saturated carbocycles. The smallest absolute Gasteiger partial charge is 0.0631 e. The van der Waals surface area contributed by atoms with Crippen LogP contribution >= 0.6 is 0 Å². The van der Waals surface area contributed by atoms with E-state index in [1.165, 1.54) is 25.7 Å². The van der Waals surface area contributed by atoms with Crippen LogP contribution in [0.4, 0.5) is 0 Å². The van der Waals surface area contributed by atoms with Gasteiger partial charge in [0.1, 0.15) is 0 Å². The Bertz CT molecular complexity index is 210. The number of aliphatic hydroxyl groups is 1. The highest BCUT2D eigenvalue weighted by Gasteiger charge is 2.42. The summed E-state index contributed by atoms with van der Waals surface area (Å²) in [7, 11) is 2.20.